The Kier molecular flexibility index (Phi) is 9.70. The summed E-state index contributed by atoms with van der Waals surface area (Å²) in [6, 6.07) is 5.25. The quantitative estimate of drug-likeness (QED) is 0.650. The lowest BCUT2D eigenvalue weighted by atomic mass is 10.1. The molecule has 23 heavy (non-hydrogen) atoms. The largest absolute Gasteiger partial charge is 0.333 e. The second kappa shape index (κ2) is 10.6. The topological polar surface area (TPSA) is 30.2 Å². The first kappa shape index (κ1) is 21.0. The molecule has 0 aliphatic rings. The number of alkyl halides is 2. The van der Waals surface area contributed by atoms with Crippen molar-refractivity contribution in [3.63, 3.8) is 0 Å². The van der Waals surface area contributed by atoms with Crippen molar-refractivity contribution in [2.45, 2.75) is 48.1 Å². The lowest BCUT2D eigenvalue weighted by molar-refractivity contribution is 0.0615. The van der Waals surface area contributed by atoms with Gasteiger partial charge in [-0.1, -0.05) is 39.3 Å². The first-order valence-electron chi connectivity index (χ1n) is 7.90. The summed E-state index contributed by atoms with van der Waals surface area (Å²) in [6.07, 6.45) is 3.40. The summed E-state index contributed by atoms with van der Waals surface area (Å²) in [5, 5.41) is 4.37. The maximum Gasteiger partial charge on any atom is 0.333 e. The van der Waals surface area contributed by atoms with Crippen LogP contribution in [0.3, 0.4) is 0 Å². The number of halogens is 2. The normalized spacial score (nSPS) is 10.6. The fraction of sp³-hybridized carbons (Fsp3) is 0.444. The van der Waals surface area contributed by atoms with Crippen LogP contribution in [0.4, 0.5) is 8.78 Å². The number of aromatic nitrogens is 2. The molecule has 2 rings (SSSR count). The monoisotopic (exact) mass is 323 g/mol. The fourth-order valence-electron chi connectivity index (χ4n) is 1.92. The average Bonchev–Trinajstić information content (AvgIpc) is 2.99. The number of aliphatic imine (C=N–C) groups is 1. The van der Waals surface area contributed by atoms with Gasteiger partial charge in [-0.05, 0) is 32.1 Å². The van der Waals surface area contributed by atoms with Crippen LogP contribution in [0.5, 0.6) is 0 Å². The third kappa shape index (κ3) is 5.58. The van der Waals surface area contributed by atoms with E-state index in [0.29, 0.717) is 15.6 Å². The van der Waals surface area contributed by atoms with E-state index in [9.17, 15) is 8.78 Å². The van der Waals surface area contributed by atoms with Gasteiger partial charge in [-0.25, -0.2) is 4.68 Å². The Morgan fingerprint density at radius 3 is 2.26 bits per heavy atom. The lowest BCUT2D eigenvalue weighted by Gasteiger charge is -2.04. The highest BCUT2D eigenvalue weighted by Gasteiger charge is 2.12. The Hall–Kier alpha value is -2.04. The van der Waals surface area contributed by atoms with Crippen molar-refractivity contribution in [2.24, 2.45) is 4.99 Å². The van der Waals surface area contributed by atoms with E-state index in [-0.39, 0.29) is 0 Å². The summed E-state index contributed by atoms with van der Waals surface area (Å²) >= 11 is 0. The van der Waals surface area contributed by atoms with Crippen LogP contribution in [0.25, 0.3) is 10.9 Å². The van der Waals surface area contributed by atoms with Gasteiger partial charge >= 0.3 is 6.55 Å². The molecule has 0 saturated carbocycles. The molecule has 0 bridgehead atoms. The van der Waals surface area contributed by atoms with E-state index in [1.165, 1.54) is 6.20 Å². The zero-order chi connectivity index (χ0) is 18.0. The fourth-order valence-corrected chi connectivity index (χ4v) is 1.92. The summed E-state index contributed by atoms with van der Waals surface area (Å²) in [5.41, 5.74) is 3.27. The number of fused-ring (bicyclic) bond motifs is 1. The van der Waals surface area contributed by atoms with Gasteiger partial charge in [0.05, 0.1) is 17.4 Å². The van der Waals surface area contributed by atoms with Gasteiger partial charge in [-0.3, -0.25) is 4.99 Å². The number of allylic oxidation sites excluding steroid dienone is 2. The zero-order valence-electron chi connectivity index (χ0n) is 15.1. The number of rotatable bonds is 3. The molecule has 1 aromatic heterocycles. The van der Waals surface area contributed by atoms with E-state index in [1.54, 1.807) is 19.2 Å². The summed E-state index contributed by atoms with van der Waals surface area (Å²) in [7, 11) is 1.71. The van der Waals surface area contributed by atoms with Crippen molar-refractivity contribution in [1.82, 2.24) is 9.78 Å². The molecule has 0 unspecified atom stereocenters. The van der Waals surface area contributed by atoms with Gasteiger partial charge in [-0.2, -0.15) is 13.9 Å². The zero-order valence-corrected chi connectivity index (χ0v) is 15.1. The van der Waals surface area contributed by atoms with E-state index in [2.05, 4.69) is 10.1 Å². The van der Waals surface area contributed by atoms with Crippen LogP contribution >= 0.6 is 0 Å². The van der Waals surface area contributed by atoms with E-state index in [0.717, 1.165) is 16.8 Å². The highest BCUT2D eigenvalue weighted by molar-refractivity contribution is 6.10. The summed E-state index contributed by atoms with van der Waals surface area (Å²) in [4.78, 5) is 4.21. The second-order valence-electron chi connectivity index (χ2n) is 4.47. The van der Waals surface area contributed by atoms with Crippen LogP contribution in [0.2, 0.25) is 0 Å². The summed E-state index contributed by atoms with van der Waals surface area (Å²) in [5.74, 6) is 0. The van der Waals surface area contributed by atoms with Crippen LogP contribution in [-0.2, 0) is 0 Å². The molecule has 0 spiro atoms. The van der Waals surface area contributed by atoms with Crippen molar-refractivity contribution in [3.05, 3.63) is 41.6 Å². The minimum atomic E-state index is -2.62. The highest BCUT2D eigenvalue weighted by atomic mass is 19.3. The Morgan fingerprint density at radius 1 is 1.17 bits per heavy atom. The lowest BCUT2D eigenvalue weighted by Crippen LogP contribution is -2.00. The molecule has 0 aliphatic carbocycles. The van der Waals surface area contributed by atoms with E-state index >= 15 is 0 Å². The van der Waals surface area contributed by atoms with Crippen LogP contribution in [0.15, 0.2) is 41.0 Å². The molecule has 128 valence electrons. The van der Waals surface area contributed by atoms with Crippen LogP contribution in [0, 0.1) is 0 Å². The number of nitrogens with zero attached hydrogens (tertiary/aromatic N) is 3. The van der Waals surface area contributed by atoms with Crippen molar-refractivity contribution in [3.8, 4) is 0 Å². The van der Waals surface area contributed by atoms with Gasteiger partial charge < -0.3 is 0 Å². The van der Waals surface area contributed by atoms with Crippen molar-refractivity contribution in [1.29, 1.82) is 0 Å². The standard InChI is InChI=1S/C14H15F2N3.2C2H6/c1-9(2)6-12(17-3)10-4-5-13-11(7-10)8-18-19(13)14(15)16;2*1-2/h4-8,14H,1-3H3;2*1-2H3. The highest BCUT2D eigenvalue weighted by Crippen LogP contribution is 2.21. The SMILES string of the molecule is CC.CC.CN=C(C=C(C)C)c1ccc2c(cnn2C(F)F)c1. The summed E-state index contributed by atoms with van der Waals surface area (Å²) in [6.45, 7) is 9.34. The van der Waals surface area contributed by atoms with Crippen LogP contribution in [-0.4, -0.2) is 22.5 Å². The van der Waals surface area contributed by atoms with Gasteiger partial charge in [0.25, 0.3) is 0 Å². The van der Waals surface area contributed by atoms with E-state index in [4.69, 9.17) is 0 Å². The van der Waals surface area contributed by atoms with Crippen molar-refractivity contribution in [2.75, 3.05) is 7.05 Å². The molecule has 0 amide bonds. The molecule has 0 radical (unpaired) electrons. The third-order valence-electron chi connectivity index (χ3n) is 2.74. The number of hydrogen-bond donors (Lipinski definition) is 0. The predicted molar refractivity (Wildman–Crippen MR) is 95.6 cm³/mol. The van der Waals surface area contributed by atoms with Gasteiger partial charge in [-0.15, -0.1) is 0 Å². The van der Waals surface area contributed by atoms with Crippen molar-refractivity contribution >= 4 is 16.6 Å². The predicted octanol–water partition coefficient (Wildman–Crippen LogP) is 5.87. The molecule has 0 atom stereocenters. The first-order valence-corrected chi connectivity index (χ1v) is 7.90. The average molecular weight is 323 g/mol. The second-order valence-corrected chi connectivity index (χ2v) is 4.47. The maximum atomic E-state index is 12.7. The summed E-state index contributed by atoms with van der Waals surface area (Å²) < 4.78 is 26.1. The molecule has 2 aromatic rings. The molecule has 0 fully saturated rings. The maximum absolute atomic E-state index is 12.7. The van der Waals surface area contributed by atoms with Crippen molar-refractivity contribution < 1.29 is 8.78 Å². The molecular formula is C18H27F2N3. The number of benzene rings is 1. The third-order valence-corrected chi connectivity index (χ3v) is 2.74. The molecular weight excluding hydrogens is 296 g/mol. The van der Waals surface area contributed by atoms with E-state index < -0.39 is 6.55 Å². The van der Waals surface area contributed by atoms with Crippen LogP contribution in [0.1, 0.15) is 53.7 Å². The van der Waals surface area contributed by atoms with Gasteiger partial charge in [0, 0.05) is 18.0 Å². The first-order chi connectivity index (χ1) is 11.0. The van der Waals surface area contributed by atoms with E-state index in [1.807, 2.05) is 53.7 Å². The molecule has 3 nitrogen and oxygen atoms in total. The molecule has 0 saturated heterocycles. The molecule has 0 N–H and O–H groups in total. The molecule has 0 aliphatic heterocycles. The minimum absolute atomic E-state index is 0.423. The minimum Gasteiger partial charge on any atom is -0.288 e. The Bertz CT molecular complexity index is 651. The van der Waals surface area contributed by atoms with Crippen LogP contribution < -0.4 is 0 Å². The van der Waals surface area contributed by atoms with Gasteiger partial charge in [0.1, 0.15) is 0 Å². The Balaban J connectivity index is 0.00000112. The Labute approximate surface area is 137 Å². The molecule has 1 aromatic carbocycles. The smallest absolute Gasteiger partial charge is 0.288 e. The molecule has 1 heterocycles. The van der Waals surface area contributed by atoms with Gasteiger partial charge in [0.15, 0.2) is 0 Å². The van der Waals surface area contributed by atoms with Gasteiger partial charge in [0.2, 0.25) is 0 Å². The molecule has 5 heteroatoms. The Morgan fingerprint density at radius 2 is 1.78 bits per heavy atom. The number of hydrogen-bond acceptors (Lipinski definition) is 2.